The molecule has 0 radical (unpaired) electrons. The summed E-state index contributed by atoms with van der Waals surface area (Å²) >= 11 is 1.82. The van der Waals surface area contributed by atoms with Gasteiger partial charge in [0.2, 0.25) is 0 Å². The van der Waals surface area contributed by atoms with Crippen molar-refractivity contribution in [3.63, 3.8) is 0 Å². The zero-order valence-electron chi connectivity index (χ0n) is 11.0. The number of benzene rings is 1. The van der Waals surface area contributed by atoms with Crippen molar-refractivity contribution in [2.45, 2.75) is 33.1 Å². The van der Waals surface area contributed by atoms with Gasteiger partial charge >= 0.3 is 0 Å². The molecule has 1 aliphatic carbocycles. The van der Waals surface area contributed by atoms with Crippen LogP contribution in [-0.4, -0.2) is 4.98 Å². The Morgan fingerprint density at radius 1 is 1.28 bits per heavy atom. The summed E-state index contributed by atoms with van der Waals surface area (Å²) in [5, 5.41) is 1.16. The van der Waals surface area contributed by atoms with E-state index in [9.17, 15) is 0 Å². The highest BCUT2D eigenvalue weighted by molar-refractivity contribution is 7.11. The van der Waals surface area contributed by atoms with Crippen molar-refractivity contribution in [2.24, 2.45) is 0 Å². The molecule has 18 heavy (non-hydrogen) atoms. The van der Waals surface area contributed by atoms with E-state index in [1.165, 1.54) is 27.3 Å². The molecule has 2 aromatic rings. The third-order valence-corrected chi connectivity index (χ3v) is 4.74. The minimum absolute atomic E-state index is 0.414. The lowest BCUT2D eigenvalue weighted by Crippen LogP contribution is -1.96. The third kappa shape index (κ3) is 1.81. The smallest absolute Gasteiger partial charge is 0.0900 e. The van der Waals surface area contributed by atoms with Crippen LogP contribution in [0.2, 0.25) is 0 Å². The number of aromatic nitrogens is 1. The van der Waals surface area contributed by atoms with E-state index in [1.54, 1.807) is 0 Å². The van der Waals surface area contributed by atoms with E-state index in [0.717, 1.165) is 11.4 Å². The van der Waals surface area contributed by atoms with Crippen molar-refractivity contribution >= 4 is 17.4 Å². The number of fused-ring (bicyclic) bond motifs is 1. The van der Waals surface area contributed by atoms with Crippen molar-refractivity contribution in [2.75, 3.05) is 0 Å². The largest absolute Gasteiger partial charge is 0.247 e. The third-order valence-electron chi connectivity index (χ3n) is 3.58. The van der Waals surface area contributed by atoms with Gasteiger partial charge in [-0.1, -0.05) is 37.3 Å². The van der Waals surface area contributed by atoms with Gasteiger partial charge in [-0.2, -0.15) is 0 Å². The van der Waals surface area contributed by atoms with Crippen LogP contribution in [0.15, 0.2) is 24.3 Å². The summed E-state index contributed by atoms with van der Waals surface area (Å²) in [5.74, 6) is 0.414. The molecule has 1 atom stereocenters. The first kappa shape index (κ1) is 11.7. The molecule has 0 spiro atoms. The second-order valence-corrected chi connectivity index (χ2v) is 6.07. The first-order chi connectivity index (χ1) is 8.69. The maximum absolute atomic E-state index is 4.55. The van der Waals surface area contributed by atoms with Crippen LogP contribution in [0.5, 0.6) is 0 Å². The molecule has 3 rings (SSSR count). The van der Waals surface area contributed by atoms with Gasteiger partial charge in [-0.05, 0) is 37.0 Å². The number of hydrogen-bond donors (Lipinski definition) is 0. The fourth-order valence-corrected chi connectivity index (χ4v) is 3.67. The molecule has 0 fully saturated rings. The molecule has 1 aromatic carbocycles. The first-order valence-corrected chi connectivity index (χ1v) is 7.25. The summed E-state index contributed by atoms with van der Waals surface area (Å²) in [4.78, 5) is 5.94. The maximum Gasteiger partial charge on any atom is 0.0900 e. The lowest BCUT2D eigenvalue weighted by molar-refractivity contribution is 1.03. The van der Waals surface area contributed by atoms with Crippen LogP contribution in [0.3, 0.4) is 0 Å². The Labute approximate surface area is 112 Å². The monoisotopic (exact) mass is 255 g/mol. The quantitative estimate of drug-likeness (QED) is 0.771. The molecule has 1 aromatic heterocycles. The number of hydrogen-bond acceptors (Lipinski definition) is 2. The molecule has 0 aliphatic heterocycles. The van der Waals surface area contributed by atoms with E-state index in [-0.39, 0.29) is 0 Å². The lowest BCUT2D eigenvalue weighted by Gasteiger charge is -2.10. The molecule has 1 aliphatic rings. The highest BCUT2D eigenvalue weighted by Gasteiger charge is 2.22. The number of aryl methyl sites for hydroxylation is 3. The molecular weight excluding hydrogens is 238 g/mol. The molecule has 92 valence electrons. The molecule has 0 N–H and O–H groups in total. The van der Waals surface area contributed by atoms with E-state index in [0.29, 0.717) is 5.92 Å². The molecule has 1 heterocycles. The predicted octanol–water partition coefficient (Wildman–Crippen LogP) is 4.48. The van der Waals surface area contributed by atoms with Gasteiger partial charge in [0.1, 0.15) is 0 Å². The number of nitrogens with zero attached hydrogens (tertiary/aromatic N) is 1. The molecule has 2 heteroatoms. The summed E-state index contributed by atoms with van der Waals surface area (Å²) in [6.07, 6.45) is 5.67. The zero-order chi connectivity index (χ0) is 12.7. The van der Waals surface area contributed by atoms with Crippen LogP contribution in [0.25, 0.3) is 6.08 Å². The summed E-state index contributed by atoms with van der Waals surface area (Å²) in [7, 11) is 0. The van der Waals surface area contributed by atoms with Crippen molar-refractivity contribution in [3.05, 3.63) is 56.5 Å². The predicted molar refractivity (Wildman–Crippen MR) is 78.3 cm³/mol. The summed E-state index contributed by atoms with van der Waals surface area (Å²) < 4.78 is 0. The minimum Gasteiger partial charge on any atom is -0.247 e. The second-order valence-electron chi connectivity index (χ2n) is 4.84. The second kappa shape index (κ2) is 4.36. The number of allylic oxidation sites excluding steroid dienone is 1. The highest BCUT2D eigenvalue weighted by Crippen LogP contribution is 2.39. The van der Waals surface area contributed by atoms with E-state index < -0.39 is 0 Å². The van der Waals surface area contributed by atoms with Crippen molar-refractivity contribution in [1.29, 1.82) is 0 Å². The van der Waals surface area contributed by atoms with Gasteiger partial charge < -0.3 is 0 Å². The Hall–Kier alpha value is -1.41. The Bertz CT molecular complexity index is 622. The van der Waals surface area contributed by atoms with Crippen molar-refractivity contribution in [1.82, 2.24) is 4.98 Å². The lowest BCUT2D eigenvalue weighted by atomic mass is 9.96. The van der Waals surface area contributed by atoms with Gasteiger partial charge in [0.05, 0.1) is 10.7 Å². The van der Waals surface area contributed by atoms with Crippen molar-refractivity contribution < 1.29 is 0 Å². The maximum atomic E-state index is 4.55. The summed E-state index contributed by atoms with van der Waals surface area (Å²) in [5.41, 5.74) is 5.40. The molecular formula is C16H17NS. The van der Waals surface area contributed by atoms with E-state index in [1.807, 2.05) is 11.3 Å². The Balaban J connectivity index is 2.05. The van der Waals surface area contributed by atoms with Crippen molar-refractivity contribution in [3.8, 4) is 0 Å². The zero-order valence-corrected chi connectivity index (χ0v) is 11.8. The van der Waals surface area contributed by atoms with E-state index >= 15 is 0 Å². The topological polar surface area (TPSA) is 12.9 Å². The Morgan fingerprint density at radius 2 is 2.11 bits per heavy atom. The fourth-order valence-electron chi connectivity index (χ4n) is 2.64. The number of thiazole rings is 1. The minimum atomic E-state index is 0.414. The molecule has 0 saturated carbocycles. The van der Waals surface area contributed by atoms with Gasteiger partial charge in [-0.25, -0.2) is 4.98 Å². The summed E-state index contributed by atoms with van der Waals surface area (Å²) in [6, 6.07) is 6.85. The fraction of sp³-hybridized carbons (Fsp3) is 0.312. The van der Waals surface area contributed by atoms with Gasteiger partial charge in [0.25, 0.3) is 0 Å². The van der Waals surface area contributed by atoms with Crippen LogP contribution < -0.4 is 0 Å². The average Bonchev–Trinajstić information content (AvgIpc) is 2.91. The number of rotatable bonds is 2. The Morgan fingerprint density at radius 3 is 2.78 bits per heavy atom. The van der Waals surface area contributed by atoms with Crippen LogP contribution in [0.4, 0.5) is 0 Å². The standard InChI is InChI=1S/C16H17NS/c1-4-12-5-7-14-13(9-12)6-8-15(14)16-10(2)17-11(3)18-16/h5-9,15H,4H2,1-3H3. The molecule has 1 unspecified atom stereocenters. The normalized spacial score (nSPS) is 17.2. The highest BCUT2D eigenvalue weighted by atomic mass is 32.1. The van der Waals surface area contributed by atoms with E-state index in [4.69, 9.17) is 0 Å². The van der Waals surface area contributed by atoms with Crippen LogP contribution in [-0.2, 0) is 6.42 Å². The van der Waals surface area contributed by atoms with Crippen LogP contribution in [0, 0.1) is 13.8 Å². The SMILES string of the molecule is CCc1ccc2c(c1)C=CC2c1sc(C)nc1C. The van der Waals surface area contributed by atoms with E-state index in [2.05, 4.69) is 56.1 Å². The van der Waals surface area contributed by atoms with Gasteiger partial charge in [0, 0.05) is 10.8 Å². The van der Waals surface area contributed by atoms with Crippen LogP contribution >= 0.6 is 11.3 Å². The van der Waals surface area contributed by atoms with Gasteiger partial charge in [-0.3, -0.25) is 0 Å². The summed E-state index contributed by atoms with van der Waals surface area (Å²) in [6.45, 7) is 6.40. The van der Waals surface area contributed by atoms with Gasteiger partial charge in [0.15, 0.2) is 0 Å². The van der Waals surface area contributed by atoms with Gasteiger partial charge in [-0.15, -0.1) is 11.3 Å². The molecule has 0 amide bonds. The molecule has 1 nitrogen and oxygen atoms in total. The van der Waals surface area contributed by atoms with Crippen LogP contribution in [0.1, 0.15) is 45.1 Å². The average molecular weight is 255 g/mol. The first-order valence-electron chi connectivity index (χ1n) is 6.44. The molecule has 0 bridgehead atoms. The Kier molecular flexibility index (Phi) is 2.83. The molecule has 0 saturated heterocycles.